The van der Waals surface area contributed by atoms with Gasteiger partial charge in [0.25, 0.3) is 0 Å². The van der Waals surface area contributed by atoms with Crippen molar-refractivity contribution in [3.63, 3.8) is 0 Å². The minimum absolute atomic E-state index is 0.921. The lowest BCUT2D eigenvalue weighted by Crippen LogP contribution is -1.92. The first-order chi connectivity index (χ1) is 5.84. The summed E-state index contributed by atoms with van der Waals surface area (Å²) in [5.41, 5.74) is 7.90. The van der Waals surface area contributed by atoms with Crippen LogP contribution in [0.4, 0.5) is 5.69 Å². The van der Waals surface area contributed by atoms with Gasteiger partial charge in [0, 0.05) is 5.69 Å². The van der Waals surface area contributed by atoms with E-state index >= 15 is 0 Å². The summed E-state index contributed by atoms with van der Waals surface area (Å²) in [4.78, 5) is 0. The predicted molar refractivity (Wildman–Crippen MR) is 56.2 cm³/mol. The lowest BCUT2D eigenvalue weighted by atomic mass is 10.1. The number of anilines is 1. The van der Waals surface area contributed by atoms with E-state index in [1.165, 1.54) is 5.56 Å². The molecule has 0 heterocycles. The zero-order valence-electron chi connectivity index (χ0n) is 8.30. The molecule has 0 aliphatic carbocycles. The molecule has 0 unspecified atom stereocenters. The molecule has 1 nitrogen and oxygen atoms in total. The Hall–Kier alpha value is -0.980. The van der Waals surface area contributed by atoms with Crippen LogP contribution in [0.25, 0.3) is 0 Å². The summed E-state index contributed by atoms with van der Waals surface area (Å²) < 4.78 is 0. The summed E-state index contributed by atoms with van der Waals surface area (Å²) >= 11 is 0. The molecule has 1 aromatic rings. The van der Waals surface area contributed by atoms with Crippen LogP contribution in [0.1, 0.15) is 32.8 Å². The number of hydrogen-bond donors (Lipinski definition) is 1. The molecule has 68 valence electrons. The average molecular weight is 165 g/mol. The number of para-hydroxylation sites is 1. The van der Waals surface area contributed by atoms with Crippen molar-refractivity contribution < 1.29 is 0 Å². The highest BCUT2D eigenvalue weighted by Crippen LogP contribution is 2.11. The Morgan fingerprint density at radius 3 is 2.25 bits per heavy atom. The Morgan fingerprint density at radius 2 is 1.75 bits per heavy atom. The fourth-order valence-corrected chi connectivity index (χ4v) is 1.03. The third-order valence-corrected chi connectivity index (χ3v) is 1.57. The van der Waals surface area contributed by atoms with E-state index in [0.29, 0.717) is 0 Å². The zero-order valence-corrected chi connectivity index (χ0v) is 8.30. The van der Waals surface area contributed by atoms with Crippen LogP contribution in [0.5, 0.6) is 0 Å². The molecule has 0 saturated heterocycles. The van der Waals surface area contributed by atoms with Gasteiger partial charge in [0.15, 0.2) is 0 Å². The van der Waals surface area contributed by atoms with Gasteiger partial charge in [0.05, 0.1) is 0 Å². The average Bonchev–Trinajstić information content (AvgIpc) is 2.13. The second kappa shape index (κ2) is 6.71. The molecule has 0 fully saturated rings. The van der Waals surface area contributed by atoms with E-state index in [2.05, 4.69) is 13.0 Å². The summed E-state index contributed by atoms with van der Waals surface area (Å²) in [6, 6.07) is 8.03. The van der Waals surface area contributed by atoms with Crippen molar-refractivity contribution in [2.75, 3.05) is 5.73 Å². The van der Waals surface area contributed by atoms with E-state index in [4.69, 9.17) is 5.73 Å². The topological polar surface area (TPSA) is 26.0 Å². The summed E-state index contributed by atoms with van der Waals surface area (Å²) in [6.07, 6.45) is 2.25. The summed E-state index contributed by atoms with van der Waals surface area (Å²) in [7, 11) is 0. The molecule has 0 aliphatic rings. The lowest BCUT2D eigenvalue weighted by molar-refractivity contribution is 0.924. The van der Waals surface area contributed by atoms with E-state index in [9.17, 15) is 0 Å². The third-order valence-electron chi connectivity index (χ3n) is 1.57. The van der Waals surface area contributed by atoms with Crippen LogP contribution in [0, 0.1) is 0 Å². The largest absolute Gasteiger partial charge is 0.399 e. The molecule has 1 aromatic carbocycles. The first-order valence-electron chi connectivity index (χ1n) is 4.68. The Kier molecular flexibility index (Phi) is 6.16. The molecule has 0 spiro atoms. The highest BCUT2D eigenvalue weighted by Gasteiger charge is 1.93. The number of rotatable bonds is 2. The van der Waals surface area contributed by atoms with E-state index in [1.54, 1.807) is 0 Å². The minimum atomic E-state index is 0.921. The molecule has 0 aliphatic heterocycles. The van der Waals surface area contributed by atoms with Crippen molar-refractivity contribution in [3.05, 3.63) is 29.8 Å². The molecule has 0 bridgehead atoms. The maximum atomic E-state index is 5.71. The Balaban J connectivity index is 0.000000561. The maximum Gasteiger partial charge on any atom is 0.0346 e. The fraction of sp³-hybridized carbons (Fsp3) is 0.455. The summed E-state index contributed by atoms with van der Waals surface area (Å²) in [5.74, 6) is 0. The summed E-state index contributed by atoms with van der Waals surface area (Å²) in [6.45, 7) is 6.16. The lowest BCUT2D eigenvalue weighted by Gasteiger charge is -2.01. The third kappa shape index (κ3) is 3.42. The highest BCUT2D eigenvalue weighted by molar-refractivity contribution is 5.46. The molecule has 0 radical (unpaired) electrons. The second-order valence-corrected chi connectivity index (χ2v) is 2.45. The Bertz CT molecular complexity index is 206. The van der Waals surface area contributed by atoms with Crippen molar-refractivity contribution in [3.8, 4) is 0 Å². The fourth-order valence-electron chi connectivity index (χ4n) is 1.03. The molecule has 0 atom stereocenters. The van der Waals surface area contributed by atoms with Crippen molar-refractivity contribution in [1.29, 1.82) is 0 Å². The van der Waals surface area contributed by atoms with Gasteiger partial charge in [-0.2, -0.15) is 0 Å². The van der Waals surface area contributed by atoms with Gasteiger partial charge in [-0.15, -0.1) is 0 Å². The molecule has 12 heavy (non-hydrogen) atoms. The van der Waals surface area contributed by atoms with Gasteiger partial charge in [0.2, 0.25) is 0 Å². The van der Waals surface area contributed by atoms with Gasteiger partial charge in [-0.05, 0) is 18.1 Å². The molecule has 1 rings (SSSR count). The van der Waals surface area contributed by atoms with Crippen LogP contribution in [-0.2, 0) is 6.42 Å². The Labute approximate surface area is 75.6 Å². The number of benzene rings is 1. The smallest absolute Gasteiger partial charge is 0.0346 e. The van der Waals surface area contributed by atoms with Gasteiger partial charge in [-0.1, -0.05) is 45.4 Å². The van der Waals surface area contributed by atoms with E-state index in [-0.39, 0.29) is 0 Å². The van der Waals surface area contributed by atoms with E-state index in [1.807, 2.05) is 32.0 Å². The van der Waals surface area contributed by atoms with E-state index in [0.717, 1.165) is 18.5 Å². The van der Waals surface area contributed by atoms with Crippen LogP contribution >= 0.6 is 0 Å². The van der Waals surface area contributed by atoms with Crippen LogP contribution in [0.2, 0.25) is 0 Å². The van der Waals surface area contributed by atoms with Crippen molar-refractivity contribution >= 4 is 5.69 Å². The van der Waals surface area contributed by atoms with Gasteiger partial charge in [0.1, 0.15) is 0 Å². The minimum Gasteiger partial charge on any atom is -0.399 e. The number of hydrogen-bond acceptors (Lipinski definition) is 1. The molecule has 2 N–H and O–H groups in total. The van der Waals surface area contributed by atoms with Gasteiger partial charge < -0.3 is 5.73 Å². The van der Waals surface area contributed by atoms with Crippen LogP contribution < -0.4 is 5.73 Å². The standard InChI is InChI=1S/C9H13N.C2H6/c1-2-5-8-6-3-4-7-9(8)10;1-2/h3-4,6-7H,2,5,10H2,1H3;1-2H3. The van der Waals surface area contributed by atoms with Crippen LogP contribution in [0.3, 0.4) is 0 Å². The molecule has 0 aromatic heterocycles. The molecule has 0 amide bonds. The maximum absolute atomic E-state index is 5.71. The van der Waals surface area contributed by atoms with Crippen LogP contribution in [0.15, 0.2) is 24.3 Å². The first kappa shape index (κ1) is 11.0. The first-order valence-corrected chi connectivity index (χ1v) is 4.68. The van der Waals surface area contributed by atoms with Crippen LogP contribution in [-0.4, -0.2) is 0 Å². The molecule has 0 saturated carbocycles. The summed E-state index contributed by atoms with van der Waals surface area (Å²) in [5, 5.41) is 0. The van der Waals surface area contributed by atoms with Crippen molar-refractivity contribution in [2.45, 2.75) is 33.6 Å². The normalized spacial score (nSPS) is 8.58. The van der Waals surface area contributed by atoms with Gasteiger partial charge >= 0.3 is 0 Å². The van der Waals surface area contributed by atoms with Crippen molar-refractivity contribution in [1.82, 2.24) is 0 Å². The van der Waals surface area contributed by atoms with Crippen molar-refractivity contribution in [2.24, 2.45) is 0 Å². The molecular weight excluding hydrogens is 146 g/mol. The quantitative estimate of drug-likeness (QED) is 0.669. The Morgan fingerprint density at radius 1 is 1.17 bits per heavy atom. The van der Waals surface area contributed by atoms with Gasteiger partial charge in [-0.3, -0.25) is 0 Å². The number of aryl methyl sites for hydroxylation is 1. The molecular formula is C11H19N. The predicted octanol–water partition coefficient (Wildman–Crippen LogP) is 3.25. The van der Waals surface area contributed by atoms with Gasteiger partial charge in [-0.25, -0.2) is 0 Å². The number of nitrogen functional groups attached to an aromatic ring is 1. The van der Waals surface area contributed by atoms with E-state index < -0.39 is 0 Å². The molecule has 1 heteroatoms. The zero-order chi connectivity index (χ0) is 9.40. The highest BCUT2D eigenvalue weighted by atomic mass is 14.6. The second-order valence-electron chi connectivity index (χ2n) is 2.45. The number of nitrogens with two attached hydrogens (primary N) is 1. The monoisotopic (exact) mass is 165 g/mol. The SMILES string of the molecule is CC.CCCc1ccccc1N.